The summed E-state index contributed by atoms with van der Waals surface area (Å²) in [6.07, 6.45) is 3.82. The van der Waals surface area contributed by atoms with E-state index in [0.29, 0.717) is 0 Å². The zero-order valence-electron chi connectivity index (χ0n) is 12.9. The summed E-state index contributed by atoms with van der Waals surface area (Å²) in [7, 11) is 2.14. The standard InChI is InChI=1S/C17H20N4S/c1-14-19-17(13-22-14)12-20(2)10-15-6-3-4-7-16(15)11-21-9-5-8-18-21/h3-9,13H,10-12H2,1-2H3. The molecule has 0 bridgehead atoms. The van der Waals surface area contributed by atoms with Crippen LogP contribution in [0.2, 0.25) is 0 Å². The number of aromatic nitrogens is 3. The van der Waals surface area contributed by atoms with Gasteiger partial charge in [0.05, 0.1) is 17.2 Å². The molecule has 0 aliphatic rings. The van der Waals surface area contributed by atoms with Gasteiger partial charge in [0.15, 0.2) is 0 Å². The van der Waals surface area contributed by atoms with Crippen molar-refractivity contribution in [3.63, 3.8) is 0 Å². The van der Waals surface area contributed by atoms with E-state index >= 15 is 0 Å². The van der Waals surface area contributed by atoms with E-state index < -0.39 is 0 Å². The van der Waals surface area contributed by atoms with Crippen LogP contribution in [0.1, 0.15) is 21.8 Å². The van der Waals surface area contributed by atoms with Crippen molar-refractivity contribution >= 4 is 11.3 Å². The lowest BCUT2D eigenvalue weighted by Crippen LogP contribution is -2.19. The number of hydrogen-bond acceptors (Lipinski definition) is 4. The molecular weight excluding hydrogens is 292 g/mol. The molecule has 0 N–H and O–H groups in total. The smallest absolute Gasteiger partial charge is 0.0897 e. The van der Waals surface area contributed by atoms with Gasteiger partial charge in [-0.25, -0.2) is 4.98 Å². The molecule has 3 aromatic rings. The van der Waals surface area contributed by atoms with Gasteiger partial charge in [-0.3, -0.25) is 9.58 Å². The first-order chi connectivity index (χ1) is 10.7. The Balaban J connectivity index is 1.69. The van der Waals surface area contributed by atoms with E-state index in [4.69, 9.17) is 0 Å². The number of aryl methyl sites for hydroxylation is 1. The van der Waals surface area contributed by atoms with Gasteiger partial charge in [0, 0.05) is 30.9 Å². The predicted octanol–water partition coefficient (Wildman–Crippen LogP) is 3.33. The van der Waals surface area contributed by atoms with Crippen molar-refractivity contribution in [3.8, 4) is 0 Å². The lowest BCUT2D eigenvalue weighted by atomic mass is 10.1. The molecule has 0 aliphatic heterocycles. The van der Waals surface area contributed by atoms with Gasteiger partial charge in [-0.05, 0) is 31.2 Å². The monoisotopic (exact) mass is 312 g/mol. The summed E-state index contributed by atoms with van der Waals surface area (Å²) in [5, 5.41) is 7.56. The van der Waals surface area contributed by atoms with Crippen molar-refractivity contribution in [2.24, 2.45) is 0 Å². The number of thiazole rings is 1. The molecule has 4 nitrogen and oxygen atoms in total. The largest absolute Gasteiger partial charge is 0.296 e. The van der Waals surface area contributed by atoms with Gasteiger partial charge in [-0.1, -0.05) is 24.3 Å². The number of rotatable bonds is 6. The first kappa shape index (κ1) is 14.9. The molecule has 2 heterocycles. The third kappa shape index (κ3) is 3.81. The summed E-state index contributed by atoms with van der Waals surface area (Å²) in [5.74, 6) is 0. The highest BCUT2D eigenvalue weighted by atomic mass is 32.1. The second-order valence-electron chi connectivity index (χ2n) is 5.50. The Kier molecular flexibility index (Phi) is 4.65. The molecule has 0 radical (unpaired) electrons. The molecule has 0 saturated heterocycles. The van der Waals surface area contributed by atoms with E-state index in [1.807, 2.05) is 30.1 Å². The van der Waals surface area contributed by atoms with Crippen LogP contribution in [0.15, 0.2) is 48.1 Å². The fourth-order valence-corrected chi connectivity index (χ4v) is 3.14. The maximum absolute atomic E-state index is 4.54. The maximum atomic E-state index is 4.54. The highest BCUT2D eigenvalue weighted by Gasteiger charge is 2.08. The summed E-state index contributed by atoms with van der Waals surface area (Å²) in [6.45, 7) is 4.65. The van der Waals surface area contributed by atoms with Gasteiger partial charge >= 0.3 is 0 Å². The molecule has 0 unspecified atom stereocenters. The zero-order chi connectivity index (χ0) is 15.4. The lowest BCUT2D eigenvalue weighted by Gasteiger charge is -2.18. The Labute approximate surface area is 135 Å². The summed E-state index contributed by atoms with van der Waals surface area (Å²) in [4.78, 5) is 6.84. The van der Waals surface area contributed by atoms with Crippen LogP contribution in [-0.2, 0) is 19.6 Å². The normalized spacial score (nSPS) is 11.2. The second kappa shape index (κ2) is 6.85. The minimum Gasteiger partial charge on any atom is -0.296 e. The van der Waals surface area contributed by atoms with Gasteiger partial charge in [-0.2, -0.15) is 5.10 Å². The minimum atomic E-state index is 0.812. The average Bonchev–Trinajstić information content (AvgIpc) is 3.13. The molecule has 0 saturated carbocycles. The Morgan fingerprint density at radius 1 is 1.14 bits per heavy atom. The van der Waals surface area contributed by atoms with Crippen LogP contribution in [0.5, 0.6) is 0 Å². The molecule has 1 aromatic carbocycles. The Morgan fingerprint density at radius 2 is 1.95 bits per heavy atom. The van der Waals surface area contributed by atoms with Crippen molar-refractivity contribution in [2.75, 3.05) is 7.05 Å². The van der Waals surface area contributed by atoms with Crippen LogP contribution in [0.3, 0.4) is 0 Å². The third-order valence-electron chi connectivity index (χ3n) is 3.55. The molecular formula is C17H20N4S. The third-order valence-corrected chi connectivity index (χ3v) is 4.37. The van der Waals surface area contributed by atoms with Gasteiger partial charge in [0.2, 0.25) is 0 Å². The zero-order valence-corrected chi connectivity index (χ0v) is 13.8. The topological polar surface area (TPSA) is 34.0 Å². The van der Waals surface area contributed by atoms with E-state index in [1.54, 1.807) is 11.3 Å². The maximum Gasteiger partial charge on any atom is 0.0897 e. The van der Waals surface area contributed by atoms with Crippen LogP contribution in [0, 0.1) is 6.92 Å². The molecule has 0 amide bonds. The van der Waals surface area contributed by atoms with E-state index in [9.17, 15) is 0 Å². The number of benzene rings is 1. The second-order valence-corrected chi connectivity index (χ2v) is 6.56. The molecule has 0 spiro atoms. The van der Waals surface area contributed by atoms with Gasteiger partial charge in [0.1, 0.15) is 0 Å². The van der Waals surface area contributed by atoms with E-state index in [1.165, 1.54) is 11.1 Å². The summed E-state index contributed by atoms with van der Waals surface area (Å²) >= 11 is 1.71. The van der Waals surface area contributed by atoms with Crippen LogP contribution >= 0.6 is 11.3 Å². The van der Waals surface area contributed by atoms with E-state index in [2.05, 4.69) is 51.7 Å². The molecule has 0 fully saturated rings. The molecule has 0 atom stereocenters. The first-order valence-corrected chi connectivity index (χ1v) is 8.22. The summed E-state index contributed by atoms with van der Waals surface area (Å²) in [5.41, 5.74) is 3.80. The lowest BCUT2D eigenvalue weighted by molar-refractivity contribution is 0.314. The molecule has 5 heteroatoms. The summed E-state index contributed by atoms with van der Waals surface area (Å²) < 4.78 is 1.96. The van der Waals surface area contributed by atoms with Crippen LogP contribution in [0.4, 0.5) is 0 Å². The molecule has 3 rings (SSSR count). The average molecular weight is 312 g/mol. The SMILES string of the molecule is Cc1nc(CN(C)Cc2ccccc2Cn2cccn2)cs1. The number of nitrogens with zero attached hydrogens (tertiary/aromatic N) is 4. The van der Waals surface area contributed by atoms with Crippen molar-refractivity contribution in [1.82, 2.24) is 19.7 Å². The molecule has 114 valence electrons. The highest BCUT2D eigenvalue weighted by molar-refractivity contribution is 7.09. The van der Waals surface area contributed by atoms with Crippen molar-refractivity contribution in [3.05, 3.63) is 69.9 Å². The molecule has 22 heavy (non-hydrogen) atoms. The fraction of sp³-hybridized carbons (Fsp3) is 0.294. The van der Waals surface area contributed by atoms with Gasteiger partial charge in [-0.15, -0.1) is 11.3 Å². The predicted molar refractivity (Wildman–Crippen MR) is 89.8 cm³/mol. The van der Waals surface area contributed by atoms with Crippen LogP contribution in [0.25, 0.3) is 0 Å². The van der Waals surface area contributed by atoms with Gasteiger partial charge in [0.25, 0.3) is 0 Å². The molecule has 2 aromatic heterocycles. The Bertz CT molecular complexity index is 718. The van der Waals surface area contributed by atoms with Crippen molar-refractivity contribution in [2.45, 2.75) is 26.6 Å². The minimum absolute atomic E-state index is 0.812. The first-order valence-electron chi connectivity index (χ1n) is 7.34. The molecule has 0 aliphatic carbocycles. The van der Waals surface area contributed by atoms with E-state index in [0.717, 1.165) is 30.3 Å². The quantitative estimate of drug-likeness (QED) is 0.700. The van der Waals surface area contributed by atoms with Crippen molar-refractivity contribution in [1.29, 1.82) is 0 Å². The van der Waals surface area contributed by atoms with Crippen molar-refractivity contribution < 1.29 is 0 Å². The Morgan fingerprint density at radius 3 is 2.64 bits per heavy atom. The highest BCUT2D eigenvalue weighted by Crippen LogP contribution is 2.15. The van der Waals surface area contributed by atoms with E-state index in [-0.39, 0.29) is 0 Å². The fourth-order valence-electron chi connectivity index (χ4n) is 2.54. The Hall–Kier alpha value is -1.98. The van der Waals surface area contributed by atoms with Crippen LogP contribution < -0.4 is 0 Å². The van der Waals surface area contributed by atoms with Crippen LogP contribution in [-0.4, -0.2) is 26.7 Å². The summed E-state index contributed by atoms with van der Waals surface area (Å²) in [6, 6.07) is 10.5. The van der Waals surface area contributed by atoms with Gasteiger partial charge < -0.3 is 0 Å². The number of hydrogen-bond donors (Lipinski definition) is 0.